The zero-order valence-electron chi connectivity index (χ0n) is 12.4. The molecule has 2 rings (SSSR count). The molecule has 20 heavy (non-hydrogen) atoms. The van der Waals surface area contributed by atoms with Gasteiger partial charge in [0.2, 0.25) is 0 Å². The van der Waals surface area contributed by atoms with E-state index in [9.17, 15) is 0 Å². The Labute approximate surface area is 121 Å². The van der Waals surface area contributed by atoms with Gasteiger partial charge < -0.3 is 10.1 Å². The number of benzene rings is 1. The van der Waals surface area contributed by atoms with Crippen LogP contribution in [-0.2, 0) is 6.54 Å². The number of methoxy groups -OCH3 is 1. The third kappa shape index (κ3) is 3.50. The number of hydrogen-bond acceptors (Lipinski definition) is 4. The highest BCUT2D eigenvalue weighted by molar-refractivity contribution is 5.41. The van der Waals surface area contributed by atoms with Gasteiger partial charge in [-0.15, -0.1) is 0 Å². The van der Waals surface area contributed by atoms with Crippen LogP contribution in [-0.4, -0.2) is 37.7 Å². The number of hydrogen-bond donors (Lipinski definition) is 1. The lowest BCUT2D eigenvalue weighted by atomic mass is 10.1. The summed E-state index contributed by atoms with van der Waals surface area (Å²) in [7, 11) is 1.67. The first kappa shape index (κ1) is 14.8. The summed E-state index contributed by atoms with van der Waals surface area (Å²) in [5.74, 6) is 0.843. The van der Waals surface area contributed by atoms with E-state index in [1.807, 2.05) is 12.1 Å². The zero-order chi connectivity index (χ0) is 14.4. The molecule has 0 bridgehead atoms. The van der Waals surface area contributed by atoms with Crippen LogP contribution in [0.25, 0.3) is 0 Å². The fraction of sp³-hybridized carbons (Fsp3) is 0.562. The lowest BCUT2D eigenvalue weighted by Gasteiger charge is -2.23. The van der Waals surface area contributed by atoms with Crippen LogP contribution in [0.1, 0.15) is 30.9 Å². The van der Waals surface area contributed by atoms with Crippen LogP contribution in [0.4, 0.5) is 0 Å². The first-order valence-electron chi connectivity index (χ1n) is 7.30. The van der Waals surface area contributed by atoms with E-state index in [2.05, 4.69) is 23.2 Å². The summed E-state index contributed by atoms with van der Waals surface area (Å²) >= 11 is 0. The summed E-state index contributed by atoms with van der Waals surface area (Å²) in [4.78, 5) is 2.52. The van der Waals surface area contributed by atoms with E-state index in [-0.39, 0.29) is 0 Å². The Bertz CT molecular complexity index is 481. The van der Waals surface area contributed by atoms with Gasteiger partial charge in [-0.05, 0) is 44.1 Å². The molecule has 1 aromatic rings. The predicted octanol–water partition coefficient (Wildman–Crippen LogP) is 2.14. The van der Waals surface area contributed by atoms with Crippen LogP contribution in [0.15, 0.2) is 18.2 Å². The van der Waals surface area contributed by atoms with E-state index in [0.29, 0.717) is 11.6 Å². The molecule has 1 aromatic carbocycles. The van der Waals surface area contributed by atoms with E-state index in [1.165, 1.54) is 19.4 Å². The number of likely N-dealkylation sites (N-methyl/N-ethyl adjacent to an activating group) is 1. The third-order valence-corrected chi connectivity index (χ3v) is 4.01. The fourth-order valence-corrected chi connectivity index (χ4v) is 2.90. The summed E-state index contributed by atoms with van der Waals surface area (Å²) in [5.41, 5.74) is 1.73. The second-order valence-electron chi connectivity index (χ2n) is 5.19. The summed E-state index contributed by atoms with van der Waals surface area (Å²) in [6, 6.07) is 8.37. The second-order valence-corrected chi connectivity index (χ2v) is 5.19. The van der Waals surface area contributed by atoms with Gasteiger partial charge in [0.1, 0.15) is 5.75 Å². The molecule has 4 heteroatoms. The number of likely N-dealkylation sites (tertiary alicyclic amines) is 1. The van der Waals surface area contributed by atoms with Gasteiger partial charge in [0, 0.05) is 24.7 Å². The van der Waals surface area contributed by atoms with Gasteiger partial charge in [-0.25, -0.2) is 0 Å². The summed E-state index contributed by atoms with van der Waals surface area (Å²) in [6.07, 6.45) is 2.57. The van der Waals surface area contributed by atoms with Crippen molar-refractivity contribution in [3.63, 3.8) is 0 Å². The van der Waals surface area contributed by atoms with Crippen molar-refractivity contribution in [2.75, 3.05) is 26.7 Å². The van der Waals surface area contributed by atoms with Crippen molar-refractivity contribution in [3.8, 4) is 11.8 Å². The van der Waals surface area contributed by atoms with E-state index in [4.69, 9.17) is 10.00 Å². The Hall–Kier alpha value is -1.57. The van der Waals surface area contributed by atoms with Gasteiger partial charge in [0.25, 0.3) is 0 Å². The average Bonchev–Trinajstić information content (AvgIpc) is 2.94. The van der Waals surface area contributed by atoms with Gasteiger partial charge in [-0.2, -0.15) is 5.26 Å². The minimum absolute atomic E-state index is 0.644. The first-order chi connectivity index (χ1) is 9.78. The molecule has 0 spiro atoms. The van der Waals surface area contributed by atoms with Gasteiger partial charge in [0.15, 0.2) is 0 Å². The highest BCUT2D eigenvalue weighted by Gasteiger charge is 2.22. The molecule has 0 saturated carbocycles. The van der Waals surface area contributed by atoms with Crippen LogP contribution in [0.5, 0.6) is 5.75 Å². The molecular formula is C16H23N3O. The maximum Gasteiger partial charge on any atom is 0.123 e. The lowest BCUT2D eigenvalue weighted by Crippen LogP contribution is -2.37. The predicted molar refractivity (Wildman–Crippen MR) is 79.7 cm³/mol. The quantitative estimate of drug-likeness (QED) is 0.862. The van der Waals surface area contributed by atoms with Crippen molar-refractivity contribution in [3.05, 3.63) is 29.3 Å². The number of nitrogens with zero attached hydrogens (tertiary/aromatic N) is 2. The number of ether oxygens (including phenoxy) is 1. The summed E-state index contributed by atoms with van der Waals surface area (Å²) < 4.78 is 5.35. The van der Waals surface area contributed by atoms with Crippen LogP contribution >= 0.6 is 0 Å². The lowest BCUT2D eigenvalue weighted by molar-refractivity contribution is 0.259. The molecule has 1 N–H and O–H groups in total. The molecule has 1 unspecified atom stereocenters. The van der Waals surface area contributed by atoms with E-state index in [0.717, 1.165) is 30.9 Å². The normalized spacial score (nSPS) is 18.9. The fourth-order valence-electron chi connectivity index (χ4n) is 2.90. The largest absolute Gasteiger partial charge is 0.496 e. The van der Waals surface area contributed by atoms with Crippen molar-refractivity contribution in [1.82, 2.24) is 10.2 Å². The van der Waals surface area contributed by atoms with Crippen molar-refractivity contribution in [2.45, 2.75) is 32.4 Å². The molecule has 0 radical (unpaired) electrons. The molecule has 0 aliphatic carbocycles. The number of rotatable bonds is 6. The molecule has 1 fully saturated rings. The smallest absolute Gasteiger partial charge is 0.123 e. The molecule has 1 aliphatic heterocycles. The minimum Gasteiger partial charge on any atom is -0.496 e. The van der Waals surface area contributed by atoms with Crippen molar-refractivity contribution in [1.29, 1.82) is 5.26 Å². The van der Waals surface area contributed by atoms with Crippen LogP contribution in [0.3, 0.4) is 0 Å². The first-order valence-corrected chi connectivity index (χ1v) is 7.30. The van der Waals surface area contributed by atoms with Crippen molar-refractivity contribution in [2.24, 2.45) is 0 Å². The van der Waals surface area contributed by atoms with E-state index >= 15 is 0 Å². The molecular weight excluding hydrogens is 250 g/mol. The van der Waals surface area contributed by atoms with Crippen LogP contribution in [0, 0.1) is 11.3 Å². The highest BCUT2D eigenvalue weighted by Crippen LogP contribution is 2.20. The Kier molecular flexibility index (Phi) is 5.40. The summed E-state index contributed by atoms with van der Waals surface area (Å²) in [6.45, 7) is 6.30. The molecule has 1 saturated heterocycles. The van der Waals surface area contributed by atoms with Gasteiger partial charge >= 0.3 is 0 Å². The topological polar surface area (TPSA) is 48.3 Å². The standard InChI is InChI=1S/C16H23N3O/c1-3-19-8-4-5-15(19)12-18-11-14-9-13(10-17)6-7-16(14)20-2/h6-7,9,15,18H,3-5,8,11-12H2,1-2H3. The highest BCUT2D eigenvalue weighted by atomic mass is 16.5. The second kappa shape index (κ2) is 7.28. The molecule has 4 nitrogen and oxygen atoms in total. The maximum atomic E-state index is 8.97. The number of nitrogens with one attached hydrogen (secondary N) is 1. The zero-order valence-corrected chi connectivity index (χ0v) is 12.4. The molecule has 1 atom stereocenters. The average molecular weight is 273 g/mol. The van der Waals surface area contributed by atoms with Gasteiger partial charge in [-0.1, -0.05) is 6.92 Å². The van der Waals surface area contributed by atoms with E-state index in [1.54, 1.807) is 13.2 Å². The van der Waals surface area contributed by atoms with Gasteiger partial charge in [0.05, 0.1) is 18.7 Å². The van der Waals surface area contributed by atoms with Crippen LogP contribution < -0.4 is 10.1 Å². The Balaban J connectivity index is 1.92. The Morgan fingerprint density at radius 2 is 2.35 bits per heavy atom. The Morgan fingerprint density at radius 3 is 3.05 bits per heavy atom. The molecule has 1 heterocycles. The monoisotopic (exact) mass is 273 g/mol. The van der Waals surface area contributed by atoms with E-state index < -0.39 is 0 Å². The maximum absolute atomic E-state index is 8.97. The SMILES string of the molecule is CCN1CCCC1CNCc1cc(C#N)ccc1OC. The summed E-state index contributed by atoms with van der Waals surface area (Å²) in [5, 5.41) is 12.5. The molecule has 1 aliphatic rings. The van der Waals surface area contributed by atoms with Crippen LogP contribution in [0.2, 0.25) is 0 Å². The molecule has 108 valence electrons. The number of nitriles is 1. The minimum atomic E-state index is 0.644. The molecule has 0 aromatic heterocycles. The van der Waals surface area contributed by atoms with Gasteiger partial charge in [-0.3, -0.25) is 4.90 Å². The van der Waals surface area contributed by atoms with Crippen molar-refractivity contribution < 1.29 is 4.74 Å². The molecule has 0 amide bonds. The third-order valence-electron chi connectivity index (χ3n) is 4.01. The van der Waals surface area contributed by atoms with Crippen molar-refractivity contribution >= 4 is 0 Å². The Morgan fingerprint density at radius 1 is 1.50 bits per heavy atom.